The molecule has 0 radical (unpaired) electrons. The zero-order valence-electron chi connectivity index (χ0n) is 8.63. The zero-order valence-corrected chi connectivity index (χ0v) is 8.63. The standard InChI is InChI=1S/C12H15NO/c1-12(2)6-8-5-9(13)3-4-10(8)11(14)7-12/h3-5H,6-7,13H2,1-2H3. The molecule has 0 fully saturated rings. The van der Waals surface area contributed by atoms with Crippen molar-refractivity contribution in [1.82, 2.24) is 0 Å². The molecule has 1 aromatic carbocycles. The Labute approximate surface area is 84.1 Å². The normalized spacial score (nSPS) is 19.1. The number of anilines is 1. The first-order chi connectivity index (χ1) is 6.48. The molecule has 14 heavy (non-hydrogen) atoms. The van der Waals surface area contributed by atoms with Crippen molar-refractivity contribution in [1.29, 1.82) is 0 Å². The molecule has 2 N–H and O–H groups in total. The van der Waals surface area contributed by atoms with Crippen molar-refractivity contribution < 1.29 is 4.79 Å². The number of nitrogen functional groups attached to an aromatic ring is 1. The molecule has 0 saturated carbocycles. The average Bonchev–Trinajstić information content (AvgIpc) is 2.00. The molecule has 0 atom stereocenters. The fraction of sp³-hybridized carbons (Fsp3) is 0.417. The summed E-state index contributed by atoms with van der Waals surface area (Å²) in [4.78, 5) is 11.8. The maximum Gasteiger partial charge on any atom is 0.163 e. The third-order valence-electron chi connectivity index (χ3n) is 2.74. The number of carbonyl (C=O) groups excluding carboxylic acids is 1. The number of fused-ring (bicyclic) bond motifs is 1. The van der Waals surface area contributed by atoms with Crippen LogP contribution in [0.3, 0.4) is 0 Å². The first-order valence-corrected chi connectivity index (χ1v) is 4.90. The maximum atomic E-state index is 11.8. The van der Waals surface area contributed by atoms with E-state index in [0.29, 0.717) is 6.42 Å². The fourth-order valence-corrected chi connectivity index (χ4v) is 2.14. The van der Waals surface area contributed by atoms with Crippen LogP contribution < -0.4 is 5.73 Å². The van der Waals surface area contributed by atoms with E-state index in [9.17, 15) is 4.79 Å². The molecule has 0 saturated heterocycles. The van der Waals surface area contributed by atoms with Gasteiger partial charge in [0.15, 0.2) is 5.78 Å². The van der Waals surface area contributed by atoms with Crippen LogP contribution in [0.2, 0.25) is 0 Å². The van der Waals surface area contributed by atoms with Crippen molar-refractivity contribution in [2.24, 2.45) is 5.41 Å². The molecule has 0 heterocycles. The van der Waals surface area contributed by atoms with E-state index in [4.69, 9.17) is 5.73 Å². The molecule has 2 nitrogen and oxygen atoms in total. The SMILES string of the molecule is CC1(C)CC(=O)c2ccc(N)cc2C1. The summed E-state index contributed by atoms with van der Waals surface area (Å²) < 4.78 is 0. The van der Waals surface area contributed by atoms with Crippen LogP contribution in [0, 0.1) is 5.41 Å². The molecular formula is C12H15NO. The van der Waals surface area contributed by atoms with Gasteiger partial charge in [0.2, 0.25) is 0 Å². The summed E-state index contributed by atoms with van der Waals surface area (Å²) in [5, 5.41) is 0. The van der Waals surface area contributed by atoms with E-state index in [-0.39, 0.29) is 11.2 Å². The molecular weight excluding hydrogens is 174 g/mol. The Hall–Kier alpha value is -1.31. The molecule has 0 unspecified atom stereocenters. The number of rotatable bonds is 0. The molecule has 74 valence electrons. The lowest BCUT2D eigenvalue weighted by molar-refractivity contribution is 0.0912. The van der Waals surface area contributed by atoms with E-state index < -0.39 is 0 Å². The molecule has 1 aliphatic carbocycles. The highest BCUT2D eigenvalue weighted by Crippen LogP contribution is 2.35. The molecule has 2 rings (SSSR count). The number of nitrogens with two attached hydrogens (primary N) is 1. The lowest BCUT2D eigenvalue weighted by Gasteiger charge is -2.30. The van der Waals surface area contributed by atoms with Crippen LogP contribution in [-0.4, -0.2) is 5.78 Å². The van der Waals surface area contributed by atoms with Crippen LogP contribution in [0.25, 0.3) is 0 Å². The Bertz CT molecular complexity index is 393. The van der Waals surface area contributed by atoms with Crippen LogP contribution in [0.15, 0.2) is 18.2 Å². The fourth-order valence-electron chi connectivity index (χ4n) is 2.14. The molecule has 1 aromatic rings. The Morgan fingerprint density at radius 3 is 2.71 bits per heavy atom. The lowest BCUT2D eigenvalue weighted by atomic mass is 9.74. The van der Waals surface area contributed by atoms with Crippen LogP contribution in [0.5, 0.6) is 0 Å². The average molecular weight is 189 g/mol. The van der Waals surface area contributed by atoms with Gasteiger partial charge in [0.05, 0.1) is 0 Å². The number of benzene rings is 1. The van der Waals surface area contributed by atoms with E-state index in [1.54, 1.807) is 6.07 Å². The summed E-state index contributed by atoms with van der Waals surface area (Å²) in [6.45, 7) is 4.24. The third kappa shape index (κ3) is 1.52. The van der Waals surface area contributed by atoms with Crippen molar-refractivity contribution in [2.45, 2.75) is 26.7 Å². The number of Topliss-reactive ketones (excluding diaryl/α,β-unsaturated/α-hetero) is 1. The highest BCUT2D eigenvalue weighted by atomic mass is 16.1. The van der Waals surface area contributed by atoms with Crippen LogP contribution in [-0.2, 0) is 6.42 Å². The van der Waals surface area contributed by atoms with E-state index in [2.05, 4.69) is 13.8 Å². The molecule has 0 bridgehead atoms. The van der Waals surface area contributed by atoms with Gasteiger partial charge in [0, 0.05) is 17.7 Å². The minimum Gasteiger partial charge on any atom is -0.399 e. The quantitative estimate of drug-likeness (QED) is 0.637. The second-order valence-electron chi connectivity index (χ2n) is 4.86. The van der Waals surface area contributed by atoms with Gasteiger partial charge in [-0.3, -0.25) is 4.79 Å². The van der Waals surface area contributed by atoms with Crippen LogP contribution in [0.1, 0.15) is 36.2 Å². The predicted molar refractivity (Wildman–Crippen MR) is 57.3 cm³/mol. The molecule has 1 aliphatic rings. The van der Waals surface area contributed by atoms with Gasteiger partial charge < -0.3 is 5.73 Å². The van der Waals surface area contributed by atoms with E-state index in [1.807, 2.05) is 12.1 Å². The molecule has 2 heteroatoms. The lowest BCUT2D eigenvalue weighted by Crippen LogP contribution is -2.26. The maximum absolute atomic E-state index is 11.8. The van der Waals surface area contributed by atoms with Crippen molar-refractivity contribution in [3.8, 4) is 0 Å². The second kappa shape index (κ2) is 2.84. The smallest absolute Gasteiger partial charge is 0.163 e. The highest BCUT2D eigenvalue weighted by Gasteiger charge is 2.30. The molecule has 0 amide bonds. The summed E-state index contributed by atoms with van der Waals surface area (Å²) in [6.07, 6.45) is 1.59. The van der Waals surface area contributed by atoms with Gasteiger partial charge in [-0.15, -0.1) is 0 Å². The van der Waals surface area contributed by atoms with Gasteiger partial charge in [0.25, 0.3) is 0 Å². The van der Waals surface area contributed by atoms with Gasteiger partial charge in [-0.1, -0.05) is 13.8 Å². The molecule has 0 aliphatic heterocycles. The van der Waals surface area contributed by atoms with Crippen molar-refractivity contribution in [3.05, 3.63) is 29.3 Å². The minimum absolute atomic E-state index is 0.0812. The number of hydrogen-bond donors (Lipinski definition) is 1. The summed E-state index contributed by atoms with van der Waals surface area (Å²) in [7, 11) is 0. The topological polar surface area (TPSA) is 43.1 Å². The first-order valence-electron chi connectivity index (χ1n) is 4.90. The van der Waals surface area contributed by atoms with E-state index in [0.717, 1.165) is 23.2 Å². The Morgan fingerprint density at radius 2 is 2.00 bits per heavy atom. The van der Waals surface area contributed by atoms with E-state index >= 15 is 0 Å². The predicted octanol–water partition coefficient (Wildman–Crippen LogP) is 2.42. The van der Waals surface area contributed by atoms with Gasteiger partial charge in [-0.2, -0.15) is 0 Å². The second-order valence-corrected chi connectivity index (χ2v) is 4.86. The summed E-state index contributed by atoms with van der Waals surface area (Å²) in [5.41, 5.74) is 8.49. The van der Waals surface area contributed by atoms with Crippen molar-refractivity contribution in [3.63, 3.8) is 0 Å². The van der Waals surface area contributed by atoms with Gasteiger partial charge in [-0.05, 0) is 35.6 Å². The van der Waals surface area contributed by atoms with Gasteiger partial charge >= 0.3 is 0 Å². The number of carbonyl (C=O) groups is 1. The molecule has 0 aromatic heterocycles. The first kappa shape index (κ1) is 9.25. The largest absolute Gasteiger partial charge is 0.399 e. The van der Waals surface area contributed by atoms with Crippen molar-refractivity contribution >= 4 is 11.5 Å². The Kier molecular flexibility index (Phi) is 1.88. The van der Waals surface area contributed by atoms with Crippen LogP contribution in [0.4, 0.5) is 5.69 Å². The van der Waals surface area contributed by atoms with Crippen molar-refractivity contribution in [2.75, 3.05) is 5.73 Å². The minimum atomic E-state index is 0.0812. The highest BCUT2D eigenvalue weighted by molar-refractivity contribution is 5.99. The molecule has 0 spiro atoms. The van der Waals surface area contributed by atoms with E-state index in [1.165, 1.54) is 0 Å². The zero-order chi connectivity index (χ0) is 10.3. The Balaban J connectivity index is 2.51. The number of hydrogen-bond acceptors (Lipinski definition) is 2. The summed E-state index contributed by atoms with van der Waals surface area (Å²) in [6, 6.07) is 5.57. The third-order valence-corrected chi connectivity index (χ3v) is 2.74. The monoisotopic (exact) mass is 189 g/mol. The Morgan fingerprint density at radius 1 is 1.29 bits per heavy atom. The summed E-state index contributed by atoms with van der Waals surface area (Å²) in [5.74, 6) is 0.247. The van der Waals surface area contributed by atoms with Gasteiger partial charge in [0.1, 0.15) is 0 Å². The number of ketones is 1. The van der Waals surface area contributed by atoms with Gasteiger partial charge in [-0.25, -0.2) is 0 Å². The van der Waals surface area contributed by atoms with Crippen LogP contribution >= 0.6 is 0 Å². The summed E-state index contributed by atoms with van der Waals surface area (Å²) >= 11 is 0.